The third-order valence-corrected chi connectivity index (χ3v) is 15.0. The van der Waals surface area contributed by atoms with Crippen LogP contribution in [0.2, 0.25) is 0 Å². The Bertz CT molecular complexity index is 2370. The molecule has 0 saturated heterocycles. The lowest BCUT2D eigenvalue weighted by molar-refractivity contribution is 0.386. The highest BCUT2D eigenvalue weighted by Gasteiger charge is 2.34. The van der Waals surface area contributed by atoms with Gasteiger partial charge in [-0.1, -0.05) is 78.9 Å². The van der Waals surface area contributed by atoms with Crippen LogP contribution in [0.1, 0.15) is 0 Å². The van der Waals surface area contributed by atoms with Gasteiger partial charge in [0.1, 0.15) is 37.3 Å². The smallest absolute Gasteiger partial charge is 0.427 e. The zero-order valence-electron chi connectivity index (χ0n) is 25.3. The molecule has 0 radical (unpaired) electrons. The van der Waals surface area contributed by atoms with Crippen molar-refractivity contribution in [1.29, 1.82) is 0 Å². The lowest BCUT2D eigenvalue weighted by Crippen LogP contribution is -2.23. The molecule has 228 valence electrons. The van der Waals surface area contributed by atoms with E-state index >= 15 is 0 Å². The SMILES string of the molecule is CP1(=O)Oc2cccc3cc(-c4ccc5c(c4)Oc4cc(-c6ccc(P(C)(=O)c7ccccc7)cc6)ccc4P5(C)=O)cc(c23)O1. The number of hydrogen-bond donors (Lipinski definition) is 0. The maximum Gasteiger partial charge on any atom is 0.427 e. The lowest BCUT2D eigenvalue weighted by atomic mass is 9.99. The van der Waals surface area contributed by atoms with Crippen LogP contribution in [-0.4, -0.2) is 20.0 Å². The van der Waals surface area contributed by atoms with Gasteiger partial charge >= 0.3 is 7.60 Å². The Balaban J connectivity index is 1.15. The van der Waals surface area contributed by atoms with Crippen molar-refractivity contribution in [2.75, 3.05) is 20.0 Å². The van der Waals surface area contributed by atoms with Crippen LogP contribution in [0.25, 0.3) is 33.0 Å². The van der Waals surface area contributed by atoms with Crippen molar-refractivity contribution in [2.24, 2.45) is 0 Å². The van der Waals surface area contributed by atoms with Gasteiger partial charge in [-0.05, 0) is 83.4 Å². The van der Waals surface area contributed by atoms with Gasteiger partial charge in [0.05, 0.1) is 22.7 Å². The first-order chi connectivity index (χ1) is 22.0. The van der Waals surface area contributed by atoms with Gasteiger partial charge < -0.3 is 22.9 Å². The van der Waals surface area contributed by atoms with E-state index in [1.165, 1.54) is 6.66 Å². The number of benzene rings is 6. The average molecular weight is 663 g/mol. The van der Waals surface area contributed by atoms with Crippen molar-refractivity contribution in [1.82, 2.24) is 0 Å². The molecule has 46 heavy (non-hydrogen) atoms. The fourth-order valence-corrected chi connectivity index (χ4v) is 11.2. The molecule has 9 heteroatoms. The molecule has 0 aliphatic carbocycles. The number of fused-ring (bicyclic) bond motifs is 2. The Morgan fingerprint density at radius 2 is 1.11 bits per heavy atom. The van der Waals surface area contributed by atoms with Crippen LogP contribution in [0.5, 0.6) is 23.0 Å². The van der Waals surface area contributed by atoms with E-state index in [2.05, 4.69) is 0 Å². The highest BCUT2D eigenvalue weighted by molar-refractivity contribution is 7.78. The highest BCUT2D eigenvalue weighted by Crippen LogP contribution is 2.56. The zero-order chi connectivity index (χ0) is 31.8. The van der Waals surface area contributed by atoms with Gasteiger partial charge in [0.15, 0.2) is 0 Å². The van der Waals surface area contributed by atoms with Crippen molar-refractivity contribution in [3.63, 3.8) is 0 Å². The van der Waals surface area contributed by atoms with Crippen molar-refractivity contribution in [2.45, 2.75) is 0 Å². The molecule has 3 atom stereocenters. The van der Waals surface area contributed by atoms with E-state index in [0.717, 1.165) is 43.6 Å². The third-order valence-electron chi connectivity index (χ3n) is 8.77. The molecular weight excluding hydrogens is 633 g/mol. The van der Waals surface area contributed by atoms with Crippen molar-refractivity contribution in [3.8, 4) is 45.3 Å². The van der Waals surface area contributed by atoms with Gasteiger partial charge in [0.25, 0.3) is 0 Å². The summed E-state index contributed by atoms with van der Waals surface area (Å²) in [7, 11) is -8.98. The topological polar surface area (TPSA) is 78.9 Å². The minimum absolute atomic E-state index is 0.504. The monoisotopic (exact) mass is 662 g/mol. The van der Waals surface area contributed by atoms with Gasteiger partial charge in [-0.3, -0.25) is 0 Å². The lowest BCUT2D eigenvalue weighted by Gasteiger charge is -2.27. The minimum Gasteiger partial charge on any atom is -0.456 e. The van der Waals surface area contributed by atoms with Crippen LogP contribution < -0.4 is 35.0 Å². The van der Waals surface area contributed by atoms with Crippen LogP contribution in [0.4, 0.5) is 0 Å². The Morgan fingerprint density at radius 3 is 1.78 bits per heavy atom. The fourth-order valence-electron chi connectivity index (χ4n) is 6.35. The molecule has 0 amide bonds. The number of hydrogen-bond acceptors (Lipinski definition) is 6. The molecule has 2 aliphatic heterocycles. The van der Waals surface area contributed by atoms with Gasteiger partial charge in [0, 0.05) is 10.6 Å². The predicted molar refractivity (Wildman–Crippen MR) is 188 cm³/mol. The fraction of sp³-hybridized carbons (Fsp3) is 0.0811. The molecule has 0 N–H and O–H groups in total. The molecule has 2 heterocycles. The highest BCUT2D eigenvalue weighted by atomic mass is 31.2. The first-order valence-electron chi connectivity index (χ1n) is 14.8. The minimum atomic E-state index is -3.30. The first kappa shape index (κ1) is 29.1. The van der Waals surface area contributed by atoms with Crippen LogP contribution in [-0.2, 0) is 13.7 Å². The number of rotatable bonds is 4. The number of ether oxygens (including phenoxy) is 1. The maximum atomic E-state index is 14.3. The summed E-state index contributed by atoms with van der Waals surface area (Å²) >= 11 is 0. The molecule has 0 saturated carbocycles. The summed E-state index contributed by atoms with van der Waals surface area (Å²) in [5.74, 6) is 2.13. The molecule has 2 aliphatic rings. The van der Waals surface area contributed by atoms with Gasteiger partial charge in [0.2, 0.25) is 0 Å². The predicted octanol–water partition coefficient (Wildman–Crippen LogP) is 8.76. The Hall–Kier alpha value is -4.33. The molecule has 6 aromatic carbocycles. The van der Waals surface area contributed by atoms with E-state index in [4.69, 9.17) is 13.8 Å². The standard InChI is InChI=1S/C37H29O6P3/c1-44(38,29-9-5-4-6-10-29)30-16-12-24(13-17-30)25-14-18-35-32(21-25)41-33-22-26(15-19-36(33)45(35,2)39)28-20-27-8-7-11-31-37(27)34(23-28)43-46(3,40)42-31/h4-23H,1-3H3. The molecule has 0 fully saturated rings. The van der Waals surface area contributed by atoms with Gasteiger partial charge in [-0.15, -0.1) is 0 Å². The zero-order valence-corrected chi connectivity index (χ0v) is 28.0. The second-order valence-corrected chi connectivity index (χ2v) is 19.6. The van der Waals surface area contributed by atoms with Crippen molar-refractivity contribution >= 4 is 53.9 Å². The van der Waals surface area contributed by atoms with Crippen molar-refractivity contribution in [3.05, 3.63) is 121 Å². The molecule has 0 aromatic heterocycles. The largest absolute Gasteiger partial charge is 0.456 e. The maximum absolute atomic E-state index is 14.3. The Morgan fingerprint density at radius 1 is 0.543 bits per heavy atom. The average Bonchev–Trinajstić information content (AvgIpc) is 3.04. The van der Waals surface area contributed by atoms with E-state index < -0.39 is 21.9 Å². The summed E-state index contributed by atoms with van der Waals surface area (Å²) in [6, 6.07) is 38.3. The second kappa shape index (κ2) is 10.3. The summed E-state index contributed by atoms with van der Waals surface area (Å²) in [6.07, 6.45) is 0. The van der Waals surface area contributed by atoms with E-state index in [0.29, 0.717) is 33.6 Å². The Labute approximate surface area is 267 Å². The summed E-state index contributed by atoms with van der Waals surface area (Å²) in [4.78, 5) is 0. The molecule has 0 spiro atoms. The normalized spacial score (nSPS) is 20.8. The van der Waals surface area contributed by atoms with E-state index in [-0.39, 0.29) is 0 Å². The molecule has 8 rings (SSSR count). The van der Waals surface area contributed by atoms with Crippen LogP contribution >= 0.6 is 21.9 Å². The van der Waals surface area contributed by atoms with Crippen LogP contribution in [0.15, 0.2) is 121 Å². The summed E-state index contributed by atoms with van der Waals surface area (Å²) in [5.41, 5.74) is 3.54. The summed E-state index contributed by atoms with van der Waals surface area (Å²) in [5, 5.41) is 4.62. The van der Waals surface area contributed by atoms with E-state index in [1.54, 1.807) is 19.4 Å². The molecule has 6 aromatic rings. The second-order valence-electron chi connectivity index (χ2n) is 12.0. The molecule has 0 bridgehead atoms. The third kappa shape index (κ3) is 4.76. The molecular formula is C37H29O6P3. The van der Waals surface area contributed by atoms with Gasteiger partial charge in [-0.25, -0.2) is 4.57 Å². The first-order valence-corrected chi connectivity index (χ1v) is 21.1. The van der Waals surface area contributed by atoms with Crippen LogP contribution in [0, 0.1) is 0 Å². The van der Waals surface area contributed by atoms with E-state index in [9.17, 15) is 13.7 Å². The Kier molecular flexibility index (Phi) is 6.54. The summed E-state index contributed by atoms with van der Waals surface area (Å²) in [6.45, 7) is 5.03. The molecule has 3 unspecified atom stereocenters. The van der Waals surface area contributed by atoms with Crippen molar-refractivity contribution < 1.29 is 27.5 Å². The quantitative estimate of drug-likeness (QED) is 0.176. The van der Waals surface area contributed by atoms with Gasteiger partial charge in [-0.2, -0.15) is 0 Å². The molecule has 6 nitrogen and oxygen atoms in total. The summed E-state index contributed by atoms with van der Waals surface area (Å²) < 4.78 is 58.6. The van der Waals surface area contributed by atoms with Crippen LogP contribution in [0.3, 0.4) is 0 Å². The van der Waals surface area contributed by atoms with E-state index in [1.807, 2.05) is 115 Å².